The van der Waals surface area contributed by atoms with E-state index in [9.17, 15) is 9.90 Å². The van der Waals surface area contributed by atoms with Crippen molar-refractivity contribution < 1.29 is 14.6 Å². The number of carbonyl (C=O) groups excluding carboxylic acids is 1. The topological polar surface area (TPSA) is 46.5 Å². The fourth-order valence-electron chi connectivity index (χ4n) is 1.35. The van der Waals surface area contributed by atoms with Gasteiger partial charge in [0.2, 0.25) is 0 Å². The zero-order chi connectivity index (χ0) is 11.4. The molecule has 0 spiro atoms. The number of hydrogen-bond acceptors (Lipinski definition) is 3. The minimum absolute atomic E-state index is 0.00473. The monoisotopic (exact) mass is 208 g/mol. The van der Waals surface area contributed by atoms with Crippen LogP contribution in [-0.4, -0.2) is 17.0 Å². The summed E-state index contributed by atoms with van der Waals surface area (Å²) in [5, 5.41) is 9.62. The highest BCUT2D eigenvalue weighted by molar-refractivity contribution is 5.79. The predicted octanol–water partition coefficient (Wildman–Crippen LogP) is 2.31. The molecule has 1 aromatic carbocycles. The molecule has 1 rings (SSSR count). The Morgan fingerprint density at radius 2 is 2.13 bits per heavy atom. The molecular weight excluding hydrogens is 192 g/mol. The molecule has 0 amide bonds. The number of aromatic hydroxyl groups is 1. The van der Waals surface area contributed by atoms with Crippen LogP contribution in [0.25, 0.3) is 0 Å². The summed E-state index contributed by atoms with van der Waals surface area (Å²) in [6, 6.07) is 5.03. The molecule has 0 unspecified atom stereocenters. The van der Waals surface area contributed by atoms with Crippen molar-refractivity contribution in [1.29, 1.82) is 0 Å². The largest absolute Gasteiger partial charge is 0.508 e. The SMILES string of the molecule is CC(=O)Cc1c(O)cccc1OC(C)C. The van der Waals surface area contributed by atoms with Gasteiger partial charge in [0.25, 0.3) is 0 Å². The number of hydrogen-bond donors (Lipinski definition) is 1. The Hall–Kier alpha value is -1.51. The van der Waals surface area contributed by atoms with Crippen molar-refractivity contribution in [3.8, 4) is 11.5 Å². The summed E-state index contributed by atoms with van der Waals surface area (Å²) in [6.45, 7) is 5.30. The van der Waals surface area contributed by atoms with E-state index in [0.29, 0.717) is 11.3 Å². The first-order chi connectivity index (χ1) is 7.00. The molecule has 3 heteroatoms. The van der Waals surface area contributed by atoms with E-state index in [2.05, 4.69) is 0 Å². The summed E-state index contributed by atoms with van der Waals surface area (Å²) in [7, 11) is 0. The van der Waals surface area contributed by atoms with Gasteiger partial charge in [0.15, 0.2) is 0 Å². The Kier molecular flexibility index (Phi) is 3.72. The van der Waals surface area contributed by atoms with Crippen LogP contribution < -0.4 is 4.74 Å². The Bertz CT molecular complexity index is 356. The summed E-state index contributed by atoms with van der Waals surface area (Å²) in [4.78, 5) is 11.0. The number of phenols is 1. The molecule has 0 aliphatic carbocycles. The molecule has 0 aliphatic heterocycles. The van der Waals surface area contributed by atoms with Gasteiger partial charge in [-0.1, -0.05) is 6.07 Å². The van der Waals surface area contributed by atoms with Crippen molar-refractivity contribution >= 4 is 5.78 Å². The third kappa shape index (κ3) is 3.27. The van der Waals surface area contributed by atoms with Crippen LogP contribution in [0.3, 0.4) is 0 Å². The lowest BCUT2D eigenvalue weighted by Crippen LogP contribution is -2.09. The molecule has 82 valence electrons. The minimum atomic E-state index is 0.00473. The first-order valence-corrected chi connectivity index (χ1v) is 4.97. The summed E-state index contributed by atoms with van der Waals surface area (Å²) < 4.78 is 5.51. The highest BCUT2D eigenvalue weighted by Gasteiger charge is 2.11. The van der Waals surface area contributed by atoms with Gasteiger partial charge in [0.05, 0.1) is 6.10 Å². The molecule has 0 aromatic heterocycles. The zero-order valence-electron chi connectivity index (χ0n) is 9.28. The molecule has 0 radical (unpaired) electrons. The maximum atomic E-state index is 11.0. The van der Waals surface area contributed by atoms with Crippen molar-refractivity contribution in [2.75, 3.05) is 0 Å². The number of ether oxygens (including phenoxy) is 1. The maximum absolute atomic E-state index is 11.0. The van der Waals surface area contributed by atoms with Crippen LogP contribution in [0.1, 0.15) is 26.3 Å². The normalized spacial score (nSPS) is 10.4. The Labute approximate surface area is 89.7 Å². The summed E-state index contributed by atoms with van der Waals surface area (Å²) in [5.74, 6) is 0.702. The van der Waals surface area contributed by atoms with Gasteiger partial charge in [-0.15, -0.1) is 0 Å². The zero-order valence-corrected chi connectivity index (χ0v) is 9.28. The van der Waals surface area contributed by atoms with Crippen LogP contribution in [0.15, 0.2) is 18.2 Å². The van der Waals surface area contributed by atoms with E-state index in [0.717, 1.165) is 0 Å². The second-order valence-corrected chi connectivity index (χ2v) is 3.80. The molecule has 0 fully saturated rings. The highest BCUT2D eigenvalue weighted by atomic mass is 16.5. The average molecular weight is 208 g/mol. The Morgan fingerprint density at radius 1 is 1.47 bits per heavy atom. The van der Waals surface area contributed by atoms with E-state index in [4.69, 9.17) is 4.74 Å². The smallest absolute Gasteiger partial charge is 0.134 e. The molecule has 0 saturated carbocycles. The van der Waals surface area contributed by atoms with Gasteiger partial charge in [-0.05, 0) is 32.9 Å². The van der Waals surface area contributed by atoms with Crippen molar-refractivity contribution in [3.63, 3.8) is 0 Å². The third-order valence-electron chi connectivity index (χ3n) is 1.90. The van der Waals surface area contributed by atoms with Crippen molar-refractivity contribution in [2.24, 2.45) is 0 Å². The van der Waals surface area contributed by atoms with Crippen LogP contribution in [0, 0.1) is 0 Å². The van der Waals surface area contributed by atoms with E-state index in [1.54, 1.807) is 18.2 Å². The molecule has 0 saturated heterocycles. The van der Waals surface area contributed by atoms with E-state index in [1.807, 2.05) is 13.8 Å². The van der Waals surface area contributed by atoms with Gasteiger partial charge >= 0.3 is 0 Å². The van der Waals surface area contributed by atoms with Gasteiger partial charge in [0.1, 0.15) is 17.3 Å². The van der Waals surface area contributed by atoms with Crippen LogP contribution in [0.4, 0.5) is 0 Å². The second-order valence-electron chi connectivity index (χ2n) is 3.80. The lowest BCUT2D eigenvalue weighted by Gasteiger charge is -2.14. The number of ketones is 1. The van der Waals surface area contributed by atoms with E-state index < -0.39 is 0 Å². The van der Waals surface area contributed by atoms with Crippen molar-refractivity contribution in [1.82, 2.24) is 0 Å². The first-order valence-electron chi connectivity index (χ1n) is 4.97. The number of rotatable bonds is 4. The summed E-state index contributed by atoms with van der Waals surface area (Å²) >= 11 is 0. The lowest BCUT2D eigenvalue weighted by atomic mass is 10.1. The number of carbonyl (C=O) groups is 1. The van der Waals surface area contributed by atoms with Crippen LogP contribution in [0.2, 0.25) is 0 Å². The summed E-state index contributed by atoms with van der Waals surface area (Å²) in [6.07, 6.45) is 0.229. The quantitative estimate of drug-likeness (QED) is 0.825. The summed E-state index contributed by atoms with van der Waals surface area (Å²) in [5.41, 5.74) is 0.568. The van der Waals surface area contributed by atoms with Gasteiger partial charge < -0.3 is 9.84 Å². The lowest BCUT2D eigenvalue weighted by molar-refractivity contribution is -0.116. The van der Waals surface area contributed by atoms with Gasteiger partial charge in [-0.3, -0.25) is 4.79 Å². The molecule has 1 N–H and O–H groups in total. The van der Waals surface area contributed by atoms with E-state index in [-0.39, 0.29) is 24.1 Å². The molecule has 15 heavy (non-hydrogen) atoms. The van der Waals surface area contributed by atoms with Crippen molar-refractivity contribution in [3.05, 3.63) is 23.8 Å². The fourth-order valence-corrected chi connectivity index (χ4v) is 1.35. The molecule has 0 bridgehead atoms. The van der Waals surface area contributed by atoms with Gasteiger partial charge in [-0.25, -0.2) is 0 Å². The molecular formula is C12H16O3. The minimum Gasteiger partial charge on any atom is -0.508 e. The Morgan fingerprint density at radius 3 is 2.67 bits per heavy atom. The molecule has 0 heterocycles. The molecule has 0 atom stereocenters. The van der Waals surface area contributed by atoms with E-state index >= 15 is 0 Å². The molecule has 3 nitrogen and oxygen atoms in total. The van der Waals surface area contributed by atoms with Gasteiger partial charge in [0, 0.05) is 12.0 Å². The molecule has 0 aliphatic rings. The standard InChI is InChI=1S/C12H16O3/c1-8(2)15-12-6-4-5-11(14)10(12)7-9(3)13/h4-6,8,14H,7H2,1-3H3. The first kappa shape index (κ1) is 11.6. The second kappa shape index (κ2) is 4.82. The average Bonchev–Trinajstić information content (AvgIpc) is 2.09. The maximum Gasteiger partial charge on any atom is 0.134 e. The highest BCUT2D eigenvalue weighted by Crippen LogP contribution is 2.28. The number of benzene rings is 1. The molecule has 1 aromatic rings. The van der Waals surface area contributed by atoms with Gasteiger partial charge in [-0.2, -0.15) is 0 Å². The van der Waals surface area contributed by atoms with Crippen LogP contribution >= 0.6 is 0 Å². The number of phenolic OH excluding ortho intramolecular Hbond substituents is 1. The third-order valence-corrected chi connectivity index (χ3v) is 1.90. The van der Waals surface area contributed by atoms with Crippen molar-refractivity contribution in [2.45, 2.75) is 33.3 Å². The van der Waals surface area contributed by atoms with Crippen LogP contribution in [0.5, 0.6) is 11.5 Å². The van der Waals surface area contributed by atoms with Crippen LogP contribution in [-0.2, 0) is 11.2 Å². The predicted molar refractivity (Wildman–Crippen MR) is 58.3 cm³/mol. The van der Waals surface area contributed by atoms with E-state index in [1.165, 1.54) is 6.92 Å². The Balaban J connectivity index is 3.02. The fraction of sp³-hybridized carbons (Fsp3) is 0.417. The number of Topliss-reactive ketones (excluding diaryl/α,β-unsaturated/α-hetero) is 1.